The first kappa shape index (κ1) is 18.8. The zero-order chi connectivity index (χ0) is 19.3. The van der Waals surface area contributed by atoms with Gasteiger partial charge in [0.05, 0.1) is 12.6 Å². The normalized spacial score (nSPS) is 14.8. The Balaban J connectivity index is 1.62. The fourth-order valence-electron chi connectivity index (χ4n) is 3.38. The molecule has 6 nitrogen and oxygen atoms in total. The van der Waals surface area contributed by atoms with Crippen LogP contribution < -0.4 is 20.1 Å². The van der Waals surface area contributed by atoms with Crippen molar-refractivity contribution in [2.24, 2.45) is 0 Å². The first-order chi connectivity index (χ1) is 13.7. The Morgan fingerprint density at radius 2 is 2.00 bits per heavy atom. The Kier molecular flexibility index (Phi) is 5.78. The summed E-state index contributed by atoms with van der Waals surface area (Å²) in [5, 5.41) is 8.35. The number of benzene rings is 2. The zero-order valence-electron chi connectivity index (χ0n) is 15.7. The third-order valence-corrected chi connectivity index (χ3v) is 5.08. The molecule has 0 spiro atoms. The van der Waals surface area contributed by atoms with Crippen LogP contribution in [0.1, 0.15) is 18.4 Å². The molecular weight excluding hydrogens is 376 g/mol. The molecule has 0 amide bonds. The fraction of sp³-hybridized carbons (Fsp3) is 0.333. The Hall–Kier alpha value is -2.57. The van der Waals surface area contributed by atoms with Gasteiger partial charge in [-0.25, -0.2) is 9.97 Å². The minimum Gasteiger partial charge on any atom is -0.493 e. The molecule has 1 saturated heterocycles. The van der Waals surface area contributed by atoms with E-state index in [2.05, 4.69) is 20.6 Å². The lowest BCUT2D eigenvalue weighted by Gasteiger charge is -2.25. The second-order valence-corrected chi connectivity index (χ2v) is 7.23. The van der Waals surface area contributed by atoms with Crippen molar-refractivity contribution >= 4 is 28.3 Å². The molecule has 146 valence electrons. The number of hydrogen-bond acceptors (Lipinski definition) is 6. The van der Waals surface area contributed by atoms with E-state index in [4.69, 9.17) is 21.1 Å². The molecule has 2 N–H and O–H groups in total. The van der Waals surface area contributed by atoms with Crippen LogP contribution in [-0.2, 0) is 6.54 Å². The quantitative estimate of drug-likeness (QED) is 0.653. The van der Waals surface area contributed by atoms with Crippen molar-refractivity contribution < 1.29 is 9.47 Å². The second kappa shape index (κ2) is 8.63. The van der Waals surface area contributed by atoms with Gasteiger partial charge in [0.2, 0.25) is 0 Å². The van der Waals surface area contributed by atoms with Crippen LogP contribution in [0.3, 0.4) is 0 Å². The van der Waals surface area contributed by atoms with Crippen molar-refractivity contribution in [3.8, 4) is 11.5 Å². The molecule has 2 aromatic carbocycles. The molecule has 0 saturated carbocycles. The van der Waals surface area contributed by atoms with Crippen LogP contribution in [0, 0.1) is 0 Å². The molecule has 1 aromatic heterocycles. The Morgan fingerprint density at radius 1 is 1.14 bits per heavy atom. The predicted octanol–water partition coefficient (Wildman–Crippen LogP) is 4.03. The third kappa shape index (κ3) is 4.29. The molecule has 2 heterocycles. The van der Waals surface area contributed by atoms with Gasteiger partial charge < -0.3 is 20.1 Å². The molecule has 0 atom stereocenters. The van der Waals surface area contributed by atoms with Crippen LogP contribution in [0.4, 0.5) is 5.82 Å². The lowest BCUT2D eigenvalue weighted by atomic mass is 10.1. The number of nitrogens with zero attached hydrogens (tertiary/aromatic N) is 2. The van der Waals surface area contributed by atoms with E-state index in [0.29, 0.717) is 17.3 Å². The SMILES string of the molecule is COc1cc2ncnc(NCc3cccc(Cl)c3)c2cc1OC1CCNCC1. The highest BCUT2D eigenvalue weighted by molar-refractivity contribution is 6.30. The largest absolute Gasteiger partial charge is 0.493 e. The average Bonchev–Trinajstić information content (AvgIpc) is 2.72. The van der Waals surface area contributed by atoms with Crippen molar-refractivity contribution in [2.45, 2.75) is 25.5 Å². The van der Waals surface area contributed by atoms with Crippen molar-refractivity contribution in [1.29, 1.82) is 0 Å². The van der Waals surface area contributed by atoms with Gasteiger partial charge in [-0.05, 0) is 49.7 Å². The number of ether oxygens (including phenoxy) is 2. The van der Waals surface area contributed by atoms with Gasteiger partial charge in [0.1, 0.15) is 18.2 Å². The van der Waals surface area contributed by atoms with Gasteiger partial charge in [0, 0.05) is 23.0 Å². The minimum absolute atomic E-state index is 0.181. The topological polar surface area (TPSA) is 68.3 Å². The number of halogens is 1. The maximum atomic E-state index is 6.25. The number of anilines is 1. The molecular formula is C21H23ClN4O2. The molecule has 1 aliphatic heterocycles. The van der Waals surface area contributed by atoms with Crippen LogP contribution in [0.25, 0.3) is 10.9 Å². The number of nitrogens with one attached hydrogen (secondary N) is 2. The zero-order valence-corrected chi connectivity index (χ0v) is 16.5. The summed E-state index contributed by atoms with van der Waals surface area (Å²) in [6, 6.07) is 11.6. The monoisotopic (exact) mass is 398 g/mol. The summed E-state index contributed by atoms with van der Waals surface area (Å²) in [5.74, 6) is 2.16. The van der Waals surface area contributed by atoms with E-state index in [1.807, 2.05) is 36.4 Å². The molecule has 1 aliphatic rings. The first-order valence-corrected chi connectivity index (χ1v) is 9.79. The number of fused-ring (bicyclic) bond motifs is 1. The first-order valence-electron chi connectivity index (χ1n) is 9.41. The lowest BCUT2D eigenvalue weighted by molar-refractivity contribution is 0.157. The smallest absolute Gasteiger partial charge is 0.162 e. The van der Waals surface area contributed by atoms with Gasteiger partial charge in [-0.1, -0.05) is 23.7 Å². The van der Waals surface area contributed by atoms with Crippen molar-refractivity contribution in [3.63, 3.8) is 0 Å². The summed E-state index contributed by atoms with van der Waals surface area (Å²) in [7, 11) is 1.65. The van der Waals surface area contributed by atoms with E-state index in [0.717, 1.165) is 54.0 Å². The molecule has 0 aliphatic carbocycles. The summed E-state index contributed by atoms with van der Waals surface area (Å²) in [6.07, 6.45) is 3.69. The van der Waals surface area contributed by atoms with Gasteiger partial charge in [-0.2, -0.15) is 0 Å². The van der Waals surface area contributed by atoms with Crippen LogP contribution in [0.5, 0.6) is 11.5 Å². The summed E-state index contributed by atoms with van der Waals surface area (Å²) < 4.78 is 11.8. The predicted molar refractivity (Wildman–Crippen MR) is 111 cm³/mol. The fourth-order valence-corrected chi connectivity index (χ4v) is 3.59. The van der Waals surface area contributed by atoms with Crippen LogP contribution in [0.2, 0.25) is 5.02 Å². The highest BCUT2D eigenvalue weighted by atomic mass is 35.5. The maximum Gasteiger partial charge on any atom is 0.162 e. The van der Waals surface area contributed by atoms with E-state index in [9.17, 15) is 0 Å². The van der Waals surface area contributed by atoms with Crippen molar-refractivity contribution in [2.75, 3.05) is 25.5 Å². The van der Waals surface area contributed by atoms with Crippen LogP contribution in [0.15, 0.2) is 42.7 Å². The minimum atomic E-state index is 0.181. The molecule has 3 aromatic rings. The highest BCUT2D eigenvalue weighted by Crippen LogP contribution is 2.35. The lowest BCUT2D eigenvalue weighted by Crippen LogP contribution is -2.34. The van der Waals surface area contributed by atoms with Gasteiger partial charge in [0.25, 0.3) is 0 Å². The van der Waals surface area contributed by atoms with Gasteiger partial charge in [0.15, 0.2) is 11.5 Å². The van der Waals surface area contributed by atoms with Crippen molar-refractivity contribution in [3.05, 3.63) is 53.3 Å². The van der Waals surface area contributed by atoms with Crippen LogP contribution >= 0.6 is 11.6 Å². The summed E-state index contributed by atoms with van der Waals surface area (Å²) in [6.45, 7) is 2.55. The number of hydrogen-bond donors (Lipinski definition) is 2. The molecule has 28 heavy (non-hydrogen) atoms. The third-order valence-electron chi connectivity index (χ3n) is 4.85. The van der Waals surface area contributed by atoms with E-state index in [1.165, 1.54) is 0 Å². The summed E-state index contributed by atoms with van der Waals surface area (Å²) >= 11 is 6.08. The van der Waals surface area contributed by atoms with E-state index in [1.54, 1.807) is 13.4 Å². The summed E-state index contributed by atoms with van der Waals surface area (Å²) in [4.78, 5) is 8.82. The molecule has 0 radical (unpaired) electrons. The Bertz CT molecular complexity index is 960. The van der Waals surface area contributed by atoms with E-state index < -0.39 is 0 Å². The van der Waals surface area contributed by atoms with Crippen molar-refractivity contribution in [1.82, 2.24) is 15.3 Å². The number of piperidine rings is 1. The summed E-state index contributed by atoms with van der Waals surface area (Å²) in [5.41, 5.74) is 1.89. The number of rotatable bonds is 6. The maximum absolute atomic E-state index is 6.25. The molecule has 4 rings (SSSR count). The molecule has 1 fully saturated rings. The average molecular weight is 399 g/mol. The Morgan fingerprint density at radius 3 is 2.79 bits per heavy atom. The molecule has 7 heteroatoms. The molecule has 0 unspecified atom stereocenters. The van der Waals surface area contributed by atoms with Gasteiger partial charge >= 0.3 is 0 Å². The van der Waals surface area contributed by atoms with Crippen LogP contribution in [-0.4, -0.2) is 36.3 Å². The molecule has 0 bridgehead atoms. The second-order valence-electron chi connectivity index (χ2n) is 6.79. The van der Waals surface area contributed by atoms with Gasteiger partial charge in [-0.3, -0.25) is 0 Å². The number of aromatic nitrogens is 2. The number of methoxy groups -OCH3 is 1. The van der Waals surface area contributed by atoms with Gasteiger partial charge in [-0.15, -0.1) is 0 Å². The van der Waals surface area contributed by atoms with E-state index >= 15 is 0 Å². The highest BCUT2D eigenvalue weighted by Gasteiger charge is 2.18. The van der Waals surface area contributed by atoms with E-state index in [-0.39, 0.29) is 6.10 Å². The standard InChI is InChI=1S/C21H23ClN4O2/c1-27-19-11-18-17(10-20(19)28-16-5-7-23-8-6-16)21(26-13-25-18)24-12-14-3-2-4-15(22)9-14/h2-4,9-11,13,16,23H,5-8,12H2,1H3,(H,24,25,26). The Labute approximate surface area is 169 Å².